The highest BCUT2D eigenvalue weighted by Crippen LogP contribution is 2.68. The minimum Gasteiger partial charge on any atom is -0.448 e. The third-order valence-corrected chi connectivity index (χ3v) is 10.1. The molecule has 4 unspecified atom stereocenters. The minimum absolute atomic E-state index is 0.147. The summed E-state index contributed by atoms with van der Waals surface area (Å²) in [4.78, 5) is 58.4. The number of carbonyl (C=O) groups excluding carboxylic acids is 1. The molecule has 0 aromatic rings. The molecule has 0 saturated carbocycles. The second kappa shape index (κ2) is 13.1. The van der Waals surface area contributed by atoms with Crippen LogP contribution < -0.4 is 5.32 Å². The quantitative estimate of drug-likeness (QED) is 0.123. The van der Waals surface area contributed by atoms with E-state index >= 15 is 0 Å². The van der Waals surface area contributed by atoms with Crippen molar-refractivity contribution in [1.29, 1.82) is 0 Å². The van der Waals surface area contributed by atoms with Gasteiger partial charge in [-0.05, 0) is 19.3 Å². The summed E-state index contributed by atoms with van der Waals surface area (Å²) in [5, 5.41) is 2.13. The highest BCUT2D eigenvalue weighted by atomic mass is 31.3. The third-order valence-electron chi connectivity index (χ3n) is 3.48. The molecule has 0 aliphatic heterocycles. The molecule has 0 heterocycles. The molecule has 0 aromatic carbocycles. The van der Waals surface area contributed by atoms with E-state index in [2.05, 4.69) is 5.32 Å². The van der Waals surface area contributed by atoms with Crippen LogP contribution in [0.1, 0.15) is 46.5 Å². The first-order chi connectivity index (χ1) is 14.0. The Balaban J connectivity index is 5.83. The predicted molar refractivity (Wildman–Crippen MR) is 111 cm³/mol. The van der Waals surface area contributed by atoms with Crippen LogP contribution in [0.3, 0.4) is 0 Å². The van der Waals surface area contributed by atoms with Gasteiger partial charge in [-0.2, -0.15) is 0 Å². The van der Waals surface area contributed by atoms with Crippen molar-refractivity contribution in [2.45, 2.75) is 58.1 Å². The van der Waals surface area contributed by atoms with Crippen molar-refractivity contribution >= 4 is 36.4 Å². The van der Waals surface area contributed by atoms with Gasteiger partial charge in [0.05, 0.1) is 19.0 Å². The van der Waals surface area contributed by atoms with Gasteiger partial charge >= 0.3 is 36.4 Å². The van der Waals surface area contributed by atoms with Crippen LogP contribution in [-0.2, 0) is 36.6 Å². The number of nitrogens with one attached hydrogen (secondary N) is 1. The normalized spacial score (nSPS) is 18.6. The molecule has 0 fully saturated rings. The zero-order valence-corrected chi connectivity index (χ0v) is 21.0. The maximum absolute atomic E-state index is 13.4. The molecule has 0 bridgehead atoms. The van der Waals surface area contributed by atoms with Gasteiger partial charge in [0.15, 0.2) is 5.85 Å². The lowest BCUT2D eigenvalue weighted by Crippen LogP contribution is -2.30. The molecule has 0 spiro atoms. The van der Waals surface area contributed by atoms with Crippen molar-refractivity contribution in [2.75, 3.05) is 19.0 Å². The lowest BCUT2D eigenvalue weighted by Gasteiger charge is -2.30. The van der Waals surface area contributed by atoms with Crippen molar-refractivity contribution in [3.63, 3.8) is 0 Å². The first-order valence-electron chi connectivity index (χ1n) is 9.31. The molecule has 14 nitrogen and oxygen atoms in total. The summed E-state index contributed by atoms with van der Waals surface area (Å²) in [5.74, 6) is -4.89. The predicted octanol–water partition coefficient (Wildman–Crippen LogP) is 2.12. The van der Waals surface area contributed by atoms with Crippen molar-refractivity contribution in [3.05, 3.63) is 0 Å². The fourth-order valence-electron chi connectivity index (χ4n) is 2.21. The Bertz CT molecular complexity index is 763. The number of rotatable bonds is 16. The molecule has 0 amide bonds. The van der Waals surface area contributed by atoms with Gasteiger partial charge in [-0.3, -0.25) is 32.9 Å². The number of ether oxygens (including phenoxy) is 1. The van der Waals surface area contributed by atoms with E-state index in [1.54, 1.807) is 13.8 Å². The summed E-state index contributed by atoms with van der Waals surface area (Å²) in [6, 6.07) is 0. The van der Waals surface area contributed by atoms with Gasteiger partial charge in [-0.1, -0.05) is 27.2 Å². The van der Waals surface area contributed by atoms with Crippen molar-refractivity contribution in [3.8, 4) is 0 Å². The number of hydrogen-bond acceptors (Lipinski definition) is 9. The van der Waals surface area contributed by atoms with Crippen LogP contribution in [0.15, 0.2) is 0 Å². The fourth-order valence-corrected chi connectivity index (χ4v) is 8.31. The molecular formula is C13H31NO13P4. The van der Waals surface area contributed by atoms with Crippen LogP contribution in [0.2, 0.25) is 0 Å². The second-order valence-corrected chi connectivity index (χ2v) is 14.2. The number of hydrogen-bond donors (Lipinski definition) is 6. The topological polar surface area (TPSA) is 226 Å². The molecule has 31 heavy (non-hydrogen) atoms. The SMILES string of the molecule is CCCC(OC(=O)CNCP(=O)(O)O)P(=O)(OC(CC)P(=O)(O)O)OP(=O)(O)CCC. The second-order valence-electron chi connectivity index (χ2n) is 6.52. The summed E-state index contributed by atoms with van der Waals surface area (Å²) in [5.41, 5.74) is 0. The van der Waals surface area contributed by atoms with Crippen LogP contribution in [0, 0.1) is 0 Å². The Morgan fingerprint density at radius 3 is 1.94 bits per heavy atom. The van der Waals surface area contributed by atoms with E-state index in [4.69, 9.17) is 23.4 Å². The fraction of sp³-hybridized carbons (Fsp3) is 0.923. The van der Waals surface area contributed by atoms with Crippen LogP contribution >= 0.6 is 30.4 Å². The van der Waals surface area contributed by atoms with Crippen molar-refractivity contribution in [2.24, 2.45) is 0 Å². The van der Waals surface area contributed by atoms with Crippen LogP contribution in [0.4, 0.5) is 0 Å². The Morgan fingerprint density at radius 2 is 1.52 bits per heavy atom. The average molecular weight is 533 g/mol. The molecule has 4 atom stereocenters. The molecule has 0 saturated heterocycles. The van der Waals surface area contributed by atoms with Gasteiger partial charge in [0.25, 0.3) is 0 Å². The standard InChI is InChI=1S/C13H31NO13P4/c1-4-7-13(25-11(15)9-14-10-28(16,17)18)31(24,27-29(19,20)8-5-2)26-12(6-3)30(21,22)23/h12-14H,4-10H2,1-3H3,(H,19,20)(H2,16,17,18)(H2,21,22,23). The maximum atomic E-state index is 13.4. The first-order valence-corrected chi connectivity index (χ1v) is 16.2. The Hall–Kier alpha value is 0.0700. The third kappa shape index (κ3) is 12.8. The molecule has 6 N–H and O–H groups in total. The van der Waals surface area contributed by atoms with Gasteiger partial charge < -0.3 is 29.2 Å². The largest absolute Gasteiger partial charge is 0.448 e. The van der Waals surface area contributed by atoms with Gasteiger partial charge in [0, 0.05) is 0 Å². The van der Waals surface area contributed by atoms with Gasteiger partial charge in [0.1, 0.15) is 0 Å². The zero-order chi connectivity index (χ0) is 24.5. The smallest absolute Gasteiger partial charge is 0.378 e. The number of carbonyl (C=O) groups is 1. The average Bonchev–Trinajstić information content (AvgIpc) is 2.56. The van der Waals surface area contributed by atoms with Gasteiger partial charge in [-0.25, -0.2) is 4.31 Å². The van der Waals surface area contributed by atoms with E-state index in [0.717, 1.165) is 0 Å². The Morgan fingerprint density at radius 1 is 0.935 bits per heavy atom. The van der Waals surface area contributed by atoms with E-state index in [1.165, 1.54) is 6.92 Å². The molecule has 0 aliphatic rings. The summed E-state index contributed by atoms with van der Waals surface area (Å²) < 4.78 is 63.0. The van der Waals surface area contributed by atoms with E-state index in [-0.39, 0.29) is 25.7 Å². The van der Waals surface area contributed by atoms with Crippen LogP contribution in [-0.4, -0.2) is 61.1 Å². The minimum atomic E-state index is -4.97. The lowest BCUT2D eigenvalue weighted by atomic mass is 10.3. The van der Waals surface area contributed by atoms with Gasteiger partial charge in [0.2, 0.25) is 5.85 Å². The Labute approximate surface area is 180 Å². The first kappa shape index (κ1) is 31.1. The van der Waals surface area contributed by atoms with E-state index in [1.807, 2.05) is 0 Å². The maximum Gasteiger partial charge on any atom is 0.378 e. The molecule has 0 aromatic heterocycles. The Kier molecular flexibility index (Phi) is 13.1. The van der Waals surface area contributed by atoms with Crippen molar-refractivity contribution in [1.82, 2.24) is 5.32 Å². The van der Waals surface area contributed by atoms with E-state index in [9.17, 15) is 37.7 Å². The highest BCUT2D eigenvalue weighted by Gasteiger charge is 2.48. The van der Waals surface area contributed by atoms with Crippen LogP contribution in [0.25, 0.3) is 0 Å². The molecule has 0 rings (SSSR count). The lowest BCUT2D eigenvalue weighted by molar-refractivity contribution is -0.145. The zero-order valence-electron chi connectivity index (χ0n) is 17.4. The van der Waals surface area contributed by atoms with Crippen molar-refractivity contribution < 1.29 is 61.1 Å². The summed E-state index contributed by atoms with van der Waals surface area (Å²) in [6.45, 7) is 3.72. The highest BCUT2D eigenvalue weighted by molar-refractivity contribution is 7.67. The molecule has 18 heteroatoms. The number of esters is 1. The molecule has 0 radical (unpaired) electrons. The summed E-state index contributed by atoms with van der Waals surface area (Å²) >= 11 is 0. The van der Waals surface area contributed by atoms with Crippen LogP contribution in [0.5, 0.6) is 0 Å². The summed E-state index contributed by atoms with van der Waals surface area (Å²) in [6.07, 6.45) is -1.48. The van der Waals surface area contributed by atoms with E-state index < -0.39 is 67.0 Å². The summed E-state index contributed by atoms with van der Waals surface area (Å²) in [7, 11) is -18.9. The van der Waals surface area contributed by atoms with E-state index in [0.29, 0.717) is 0 Å². The monoisotopic (exact) mass is 533 g/mol. The van der Waals surface area contributed by atoms with Gasteiger partial charge in [-0.15, -0.1) is 0 Å². The molecular weight excluding hydrogens is 502 g/mol. The molecule has 186 valence electrons. The molecule has 0 aliphatic carbocycles.